The third-order valence-corrected chi connectivity index (χ3v) is 12.7. The van der Waals surface area contributed by atoms with Crippen molar-refractivity contribution in [3.8, 4) is 33.6 Å². The highest BCUT2D eigenvalue weighted by molar-refractivity contribution is 7.26. The van der Waals surface area contributed by atoms with Crippen LogP contribution < -0.4 is 0 Å². The zero-order valence-corrected chi connectivity index (χ0v) is 30.6. The van der Waals surface area contributed by atoms with Gasteiger partial charge in [-0.05, 0) is 88.1 Å². The van der Waals surface area contributed by atoms with E-state index < -0.39 is 0 Å². The number of hydrogen-bond donors (Lipinski definition) is 0. The van der Waals surface area contributed by atoms with Gasteiger partial charge in [-0.2, -0.15) is 0 Å². The molecule has 0 radical (unpaired) electrons. The summed E-state index contributed by atoms with van der Waals surface area (Å²) in [5.41, 5.74) is 12.1. The first-order chi connectivity index (χ1) is 27.3. The number of thiophene rings is 1. The van der Waals surface area contributed by atoms with E-state index in [1.165, 1.54) is 108 Å². The zero-order valence-electron chi connectivity index (χ0n) is 29.8. The average molecular weight is 717 g/mol. The van der Waals surface area contributed by atoms with Gasteiger partial charge in [-0.3, -0.25) is 0 Å². The van der Waals surface area contributed by atoms with Crippen molar-refractivity contribution in [2.24, 2.45) is 0 Å². The minimum atomic E-state index is 1.17. The van der Waals surface area contributed by atoms with E-state index in [2.05, 4.69) is 203 Å². The second kappa shape index (κ2) is 11.8. The quantitative estimate of drug-likeness (QED) is 0.172. The lowest BCUT2D eigenvalue weighted by Gasteiger charge is -2.13. The van der Waals surface area contributed by atoms with Gasteiger partial charge in [0, 0.05) is 58.7 Å². The van der Waals surface area contributed by atoms with Crippen LogP contribution in [0, 0.1) is 0 Å². The SMILES string of the molecule is c1ccc(-n2c3ccccc3c3ccc(-c4ccc5c6ccccc6n(-c6cc(-c7ccc8ccccc8c7)c7sc8ccccc8c7c6)c5c4)cc32)cc1. The zero-order chi connectivity index (χ0) is 36.0. The number of rotatable bonds is 4. The summed E-state index contributed by atoms with van der Waals surface area (Å²) in [5, 5.41) is 10.1. The summed E-state index contributed by atoms with van der Waals surface area (Å²) >= 11 is 1.89. The van der Waals surface area contributed by atoms with Crippen LogP contribution in [0.15, 0.2) is 194 Å². The highest BCUT2D eigenvalue weighted by atomic mass is 32.1. The molecule has 0 aliphatic heterocycles. The summed E-state index contributed by atoms with van der Waals surface area (Å²) < 4.78 is 7.52. The highest BCUT2D eigenvalue weighted by Gasteiger charge is 2.19. The molecule has 0 spiro atoms. The molecule has 3 heterocycles. The van der Waals surface area contributed by atoms with Gasteiger partial charge >= 0.3 is 0 Å². The van der Waals surface area contributed by atoms with Gasteiger partial charge in [0.2, 0.25) is 0 Å². The Labute approximate surface area is 321 Å². The summed E-state index contributed by atoms with van der Waals surface area (Å²) in [5.74, 6) is 0. The number of benzene rings is 9. The topological polar surface area (TPSA) is 9.86 Å². The molecule has 0 aliphatic carbocycles. The minimum absolute atomic E-state index is 1.17. The Kier molecular flexibility index (Phi) is 6.54. The van der Waals surface area contributed by atoms with Gasteiger partial charge in [0.1, 0.15) is 0 Å². The number of aromatic nitrogens is 2. The Hall–Kier alpha value is -6.94. The van der Waals surface area contributed by atoms with Crippen LogP contribution in [0.5, 0.6) is 0 Å². The largest absolute Gasteiger partial charge is 0.309 e. The number of hydrogen-bond acceptors (Lipinski definition) is 1. The fourth-order valence-corrected chi connectivity index (χ4v) is 10.2. The monoisotopic (exact) mass is 716 g/mol. The van der Waals surface area contributed by atoms with Gasteiger partial charge < -0.3 is 9.13 Å². The van der Waals surface area contributed by atoms with Crippen molar-refractivity contribution in [2.45, 2.75) is 0 Å². The Bertz CT molecular complexity index is 3490. The molecule has 0 N–H and O–H groups in total. The van der Waals surface area contributed by atoms with E-state index in [1.807, 2.05) is 11.3 Å². The summed E-state index contributed by atoms with van der Waals surface area (Å²) in [7, 11) is 0. The summed E-state index contributed by atoms with van der Waals surface area (Å²) in [4.78, 5) is 0. The lowest BCUT2D eigenvalue weighted by atomic mass is 9.98. The maximum atomic E-state index is 2.49. The third kappa shape index (κ3) is 4.60. The maximum absolute atomic E-state index is 2.49. The first-order valence-electron chi connectivity index (χ1n) is 18.8. The first kappa shape index (κ1) is 30.5. The number of fused-ring (bicyclic) bond motifs is 10. The Morgan fingerprint density at radius 1 is 0.309 bits per heavy atom. The van der Waals surface area contributed by atoms with Gasteiger partial charge in [0.05, 0.1) is 22.1 Å². The average Bonchev–Trinajstić information content (AvgIpc) is 3.90. The fraction of sp³-hybridized carbons (Fsp3) is 0. The molecule has 55 heavy (non-hydrogen) atoms. The predicted molar refractivity (Wildman–Crippen MR) is 236 cm³/mol. The second-order valence-electron chi connectivity index (χ2n) is 14.5. The van der Waals surface area contributed by atoms with Gasteiger partial charge in [0.15, 0.2) is 0 Å². The van der Waals surface area contributed by atoms with Gasteiger partial charge in [-0.15, -0.1) is 11.3 Å². The molecule has 3 heteroatoms. The predicted octanol–water partition coefficient (Wildman–Crippen LogP) is 14.7. The van der Waals surface area contributed by atoms with Crippen molar-refractivity contribution in [3.63, 3.8) is 0 Å². The molecular formula is C52H32N2S. The van der Waals surface area contributed by atoms with Gasteiger partial charge in [-0.25, -0.2) is 0 Å². The molecule has 0 saturated carbocycles. The van der Waals surface area contributed by atoms with E-state index >= 15 is 0 Å². The fourth-order valence-electron chi connectivity index (χ4n) is 8.95. The molecule has 12 rings (SSSR count). The van der Waals surface area contributed by atoms with Gasteiger partial charge in [-0.1, -0.05) is 133 Å². The molecule has 0 atom stereocenters. The van der Waals surface area contributed by atoms with Crippen molar-refractivity contribution in [2.75, 3.05) is 0 Å². The second-order valence-corrected chi connectivity index (χ2v) is 15.6. The lowest BCUT2D eigenvalue weighted by molar-refractivity contribution is 1.18. The summed E-state index contributed by atoms with van der Waals surface area (Å²) in [6, 6.07) is 71.6. The number of para-hydroxylation sites is 3. The highest BCUT2D eigenvalue weighted by Crippen LogP contribution is 2.44. The van der Waals surface area contributed by atoms with Crippen molar-refractivity contribution in [1.82, 2.24) is 9.13 Å². The van der Waals surface area contributed by atoms with Crippen LogP contribution in [0.25, 0.3) is 108 Å². The van der Waals surface area contributed by atoms with Crippen molar-refractivity contribution < 1.29 is 0 Å². The molecule has 0 unspecified atom stereocenters. The van der Waals surface area contributed by atoms with Crippen LogP contribution >= 0.6 is 11.3 Å². The Morgan fingerprint density at radius 2 is 0.855 bits per heavy atom. The smallest absolute Gasteiger partial charge is 0.0547 e. The third-order valence-electron chi connectivity index (χ3n) is 11.5. The molecule has 0 saturated heterocycles. The molecule has 0 fully saturated rings. The van der Waals surface area contributed by atoms with Crippen LogP contribution in [0.1, 0.15) is 0 Å². The normalized spacial score (nSPS) is 12.0. The Balaban J connectivity index is 1.12. The molecular weight excluding hydrogens is 685 g/mol. The molecule has 2 nitrogen and oxygen atoms in total. The minimum Gasteiger partial charge on any atom is -0.309 e. The van der Waals surface area contributed by atoms with E-state index in [1.54, 1.807) is 0 Å². The first-order valence-corrected chi connectivity index (χ1v) is 19.7. The van der Waals surface area contributed by atoms with E-state index in [0.717, 1.165) is 0 Å². The molecule has 0 bridgehead atoms. The van der Waals surface area contributed by atoms with Crippen molar-refractivity contribution in [1.29, 1.82) is 0 Å². The molecule has 0 amide bonds. The van der Waals surface area contributed by atoms with E-state index in [9.17, 15) is 0 Å². The summed E-state index contributed by atoms with van der Waals surface area (Å²) in [6.45, 7) is 0. The van der Waals surface area contributed by atoms with Crippen LogP contribution in [0.4, 0.5) is 0 Å². The molecule has 0 aliphatic rings. The molecule has 256 valence electrons. The van der Waals surface area contributed by atoms with Crippen LogP contribution in [-0.2, 0) is 0 Å². The standard InChI is InChI=1S/C52H32N2S/c1-2-14-38(15-3-1)53-47-19-9-6-16-40(47)42-26-24-35(29-49(42)53)36-25-27-43-41-17-7-10-20-48(41)54(50(43)30-36)39-31-45(37-23-22-33-12-4-5-13-34(33)28-37)52-46(32-39)44-18-8-11-21-51(44)55-52/h1-32H. The molecule has 9 aromatic carbocycles. The molecule has 12 aromatic rings. The van der Waals surface area contributed by atoms with Gasteiger partial charge in [0.25, 0.3) is 0 Å². The van der Waals surface area contributed by atoms with E-state index in [-0.39, 0.29) is 0 Å². The molecule has 3 aromatic heterocycles. The van der Waals surface area contributed by atoms with Crippen LogP contribution in [0.2, 0.25) is 0 Å². The maximum Gasteiger partial charge on any atom is 0.0547 e. The van der Waals surface area contributed by atoms with E-state index in [0.29, 0.717) is 0 Å². The van der Waals surface area contributed by atoms with Crippen molar-refractivity contribution in [3.05, 3.63) is 194 Å². The Morgan fingerprint density at radius 3 is 1.56 bits per heavy atom. The number of nitrogens with zero attached hydrogens (tertiary/aromatic N) is 2. The van der Waals surface area contributed by atoms with E-state index in [4.69, 9.17) is 0 Å². The lowest BCUT2D eigenvalue weighted by Crippen LogP contribution is -1.95. The van der Waals surface area contributed by atoms with Crippen LogP contribution in [-0.4, -0.2) is 9.13 Å². The van der Waals surface area contributed by atoms with Crippen molar-refractivity contribution >= 4 is 85.9 Å². The van der Waals surface area contributed by atoms with Crippen LogP contribution in [0.3, 0.4) is 0 Å². The summed E-state index contributed by atoms with van der Waals surface area (Å²) in [6.07, 6.45) is 0.